The van der Waals surface area contributed by atoms with Gasteiger partial charge in [0.25, 0.3) is 5.91 Å². The van der Waals surface area contributed by atoms with Gasteiger partial charge in [0.15, 0.2) is 17.3 Å². The molecule has 0 aliphatic heterocycles. The fraction of sp³-hybridized carbons (Fsp3) is 0. The summed E-state index contributed by atoms with van der Waals surface area (Å²) < 4.78 is 24.3. The lowest BCUT2D eigenvalue weighted by Crippen LogP contribution is -2.11. The van der Waals surface area contributed by atoms with Crippen molar-refractivity contribution in [2.45, 2.75) is 0 Å². The monoisotopic (exact) mass is 349 g/mol. The van der Waals surface area contributed by atoms with Crippen molar-refractivity contribution in [3.05, 3.63) is 78.6 Å². The molecule has 2 aromatic heterocycles. The number of halogens is 1. The van der Waals surface area contributed by atoms with E-state index < -0.39 is 11.7 Å². The van der Waals surface area contributed by atoms with E-state index >= 15 is 0 Å². The topological polar surface area (TPSA) is 77.2 Å². The van der Waals surface area contributed by atoms with Gasteiger partial charge in [-0.1, -0.05) is 30.3 Å². The molecule has 0 spiro atoms. The first-order chi connectivity index (χ1) is 12.7. The van der Waals surface area contributed by atoms with E-state index in [4.69, 9.17) is 9.15 Å². The zero-order valence-corrected chi connectivity index (χ0v) is 13.3. The van der Waals surface area contributed by atoms with Crippen LogP contribution < -0.4 is 10.1 Å². The minimum atomic E-state index is -0.515. The van der Waals surface area contributed by atoms with E-state index in [1.54, 1.807) is 24.3 Å². The van der Waals surface area contributed by atoms with Crippen molar-refractivity contribution >= 4 is 22.6 Å². The largest absolute Gasteiger partial charge is 0.451 e. The zero-order valence-electron chi connectivity index (χ0n) is 13.3. The maximum Gasteiger partial charge on any atom is 0.322 e. The van der Waals surface area contributed by atoms with Crippen LogP contribution in [0.5, 0.6) is 11.8 Å². The van der Waals surface area contributed by atoms with Crippen LogP contribution in [0.25, 0.3) is 11.0 Å². The first-order valence-electron chi connectivity index (χ1n) is 7.73. The Morgan fingerprint density at radius 3 is 2.54 bits per heavy atom. The molecule has 0 aliphatic carbocycles. The third-order valence-corrected chi connectivity index (χ3v) is 3.57. The summed E-state index contributed by atoms with van der Waals surface area (Å²) in [4.78, 5) is 20.2. The van der Waals surface area contributed by atoms with Gasteiger partial charge in [0, 0.05) is 5.39 Å². The number of aromatic nitrogens is 2. The Hall–Kier alpha value is -3.74. The predicted molar refractivity (Wildman–Crippen MR) is 92.7 cm³/mol. The molecule has 128 valence electrons. The lowest BCUT2D eigenvalue weighted by atomic mass is 10.2. The minimum Gasteiger partial charge on any atom is -0.451 e. The molecule has 0 atom stereocenters. The molecule has 1 amide bonds. The maximum absolute atomic E-state index is 13.6. The molecule has 0 bridgehead atoms. The number of hydrogen-bond acceptors (Lipinski definition) is 5. The minimum absolute atomic E-state index is 0.0200. The molecule has 2 aromatic carbocycles. The highest BCUT2D eigenvalue weighted by molar-refractivity contribution is 6.04. The van der Waals surface area contributed by atoms with Crippen molar-refractivity contribution in [3.63, 3.8) is 0 Å². The van der Waals surface area contributed by atoms with Gasteiger partial charge in [0.05, 0.1) is 18.1 Å². The van der Waals surface area contributed by atoms with Crippen LogP contribution in [0.3, 0.4) is 0 Å². The highest BCUT2D eigenvalue weighted by Gasteiger charge is 2.13. The standard InChI is InChI=1S/C19H12FN3O3/c20-14-6-2-4-8-16(14)26-19-21-10-13(11-22-19)23-18(24)17-9-12-5-1-3-7-15(12)25-17/h1-11H,(H,23,24). The van der Waals surface area contributed by atoms with Crippen molar-refractivity contribution < 1.29 is 18.3 Å². The van der Waals surface area contributed by atoms with Crippen LogP contribution in [0.4, 0.5) is 10.1 Å². The Bertz CT molecular complexity index is 1040. The number of hydrogen-bond donors (Lipinski definition) is 1. The van der Waals surface area contributed by atoms with Gasteiger partial charge in [-0.05, 0) is 24.3 Å². The smallest absolute Gasteiger partial charge is 0.322 e. The molecule has 0 fully saturated rings. The molecular formula is C19H12FN3O3. The van der Waals surface area contributed by atoms with Gasteiger partial charge < -0.3 is 14.5 Å². The van der Waals surface area contributed by atoms with Crippen LogP contribution in [-0.2, 0) is 0 Å². The number of nitrogens with zero attached hydrogens (tertiary/aromatic N) is 2. The molecule has 0 saturated heterocycles. The van der Waals surface area contributed by atoms with Gasteiger partial charge in [-0.15, -0.1) is 0 Å². The molecule has 6 nitrogen and oxygen atoms in total. The average molecular weight is 349 g/mol. The second-order valence-corrected chi connectivity index (χ2v) is 5.39. The fourth-order valence-electron chi connectivity index (χ4n) is 2.35. The van der Waals surface area contributed by atoms with Gasteiger partial charge in [-0.25, -0.2) is 14.4 Å². The number of ether oxygens (including phenoxy) is 1. The third kappa shape index (κ3) is 3.23. The lowest BCUT2D eigenvalue weighted by molar-refractivity contribution is 0.0998. The second kappa shape index (κ2) is 6.64. The van der Waals surface area contributed by atoms with E-state index in [1.807, 2.05) is 18.2 Å². The van der Waals surface area contributed by atoms with Crippen LogP contribution in [0.2, 0.25) is 0 Å². The Morgan fingerprint density at radius 2 is 1.77 bits per heavy atom. The number of fused-ring (bicyclic) bond motifs is 1. The van der Waals surface area contributed by atoms with Crippen LogP contribution in [0, 0.1) is 5.82 Å². The number of carbonyl (C=O) groups excluding carboxylic acids is 1. The van der Waals surface area contributed by atoms with Gasteiger partial charge in [-0.3, -0.25) is 4.79 Å². The van der Waals surface area contributed by atoms with E-state index in [1.165, 1.54) is 24.5 Å². The summed E-state index contributed by atoms with van der Waals surface area (Å²) in [6.45, 7) is 0. The van der Waals surface area contributed by atoms with Crippen LogP contribution in [0.15, 0.2) is 71.4 Å². The summed E-state index contributed by atoms with van der Waals surface area (Å²) in [7, 11) is 0. The van der Waals surface area contributed by atoms with E-state index in [2.05, 4.69) is 15.3 Å². The molecule has 26 heavy (non-hydrogen) atoms. The van der Waals surface area contributed by atoms with Gasteiger partial charge in [-0.2, -0.15) is 0 Å². The average Bonchev–Trinajstić information content (AvgIpc) is 3.10. The highest BCUT2D eigenvalue weighted by atomic mass is 19.1. The molecular weight excluding hydrogens is 337 g/mol. The molecule has 7 heteroatoms. The quantitative estimate of drug-likeness (QED) is 0.591. The molecule has 0 aliphatic rings. The van der Waals surface area contributed by atoms with Gasteiger partial charge >= 0.3 is 6.01 Å². The molecule has 0 saturated carbocycles. The number of amides is 1. The van der Waals surface area contributed by atoms with E-state index in [9.17, 15) is 9.18 Å². The van der Waals surface area contributed by atoms with Crippen molar-refractivity contribution in [2.75, 3.05) is 5.32 Å². The van der Waals surface area contributed by atoms with Crippen molar-refractivity contribution in [1.82, 2.24) is 9.97 Å². The summed E-state index contributed by atoms with van der Waals surface area (Å²) in [6.07, 6.45) is 2.73. The van der Waals surface area contributed by atoms with Crippen molar-refractivity contribution in [2.24, 2.45) is 0 Å². The van der Waals surface area contributed by atoms with E-state index in [0.717, 1.165) is 5.39 Å². The number of benzene rings is 2. The summed E-state index contributed by atoms with van der Waals surface area (Å²) in [5.74, 6) is -0.740. The van der Waals surface area contributed by atoms with Crippen LogP contribution in [-0.4, -0.2) is 15.9 Å². The normalized spacial score (nSPS) is 10.7. The van der Waals surface area contributed by atoms with E-state index in [0.29, 0.717) is 11.3 Å². The van der Waals surface area contributed by atoms with Crippen molar-refractivity contribution in [3.8, 4) is 11.8 Å². The number of carbonyl (C=O) groups is 1. The fourth-order valence-corrected chi connectivity index (χ4v) is 2.35. The summed E-state index contributed by atoms with van der Waals surface area (Å²) >= 11 is 0. The number of furan rings is 1. The number of anilines is 1. The lowest BCUT2D eigenvalue weighted by Gasteiger charge is -2.06. The molecule has 0 unspecified atom stereocenters. The second-order valence-electron chi connectivity index (χ2n) is 5.39. The number of nitrogens with one attached hydrogen (secondary N) is 1. The molecule has 0 radical (unpaired) electrons. The number of para-hydroxylation sites is 2. The Balaban J connectivity index is 1.47. The Labute approximate surface area is 147 Å². The van der Waals surface area contributed by atoms with Crippen molar-refractivity contribution in [1.29, 1.82) is 0 Å². The Kier molecular flexibility index (Phi) is 4.03. The zero-order chi connectivity index (χ0) is 17.9. The molecule has 4 rings (SSSR count). The maximum atomic E-state index is 13.6. The van der Waals surface area contributed by atoms with Gasteiger partial charge in [0.1, 0.15) is 5.58 Å². The molecule has 2 heterocycles. The van der Waals surface area contributed by atoms with Gasteiger partial charge in [0.2, 0.25) is 0 Å². The SMILES string of the molecule is O=C(Nc1cnc(Oc2ccccc2F)nc1)c1cc2ccccc2o1. The molecule has 4 aromatic rings. The van der Waals surface area contributed by atoms with E-state index in [-0.39, 0.29) is 17.5 Å². The highest BCUT2D eigenvalue weighted by Crippen LogP contribution is 2.22. The van der Waals surface area contributed by atoms with Crippen LogP contribution in [0.1, 0.15) is 10.6 Å². The predicted octanol–water partition coefficient (Wildman–Crippen LogP) is 4.41. The summed E-state index contributed by atoms with van der Waals surface area (Å²) in [5, 5.41) is 3.47. The first kappa shape index (κ1) is 15.8. The molecule has 1 N–H and O–H groups in total. The number of rotatable bonds is 4. The summed E-state index contributed by atoms with van der Waals surface area (Å²) in [6, 6.07) is 14.9. The Morgan fingerprint density at radius 1 is 1.04 bits per heavy atom. The summed E-state index contributed by atoms with van der Waals surface area (Å²) in [5.41, 5.74) is 0.985. The third-order valence-electron chi connectivity index (χ3n) is 3.57. The van der Waals surface area contributed by atoms with Crippen LogP contribution >= 0.6 is 0 Å². The first-order valence-corrected chi connectivity index (χ1v) is 7.73.